The molecule has 8 atom stereocenters. The first-order valence-electron chi connectivity index (χ1n) is 16.6. The zero-order valence-electron chi connectivity index (χ0n) is 29.6. The number of ether oxygens (including phenoxy) is 2. The largest absolute Gasteiger partial charge is 0.459 e. The van der Waals surface area contributed by atoms with Crippen molar-refractivity contribution in [3.8, 4) is 11.8 Å². The van der Waals surface area contributed by atoms with Gasteiger partial charge in [0.15, 0.2) is 6.61 Å². The lowest BCUT2D eigenvalue weighted by Gasteiger charge is -2.48. The molecule has 3 rings (SSSR count). The van der Waals surface area contributed by atoms with Gasteiger partial charge in [0.05, 0.1) is 12.3 Å². The first-order valence-corrected chi connectivity index (χ1v) is 17.7. The number of oxime groups is 1. The lowest BCUT2D eigenvalue weighted by Crippen LogP contribution is -2.54. The van der Waals surface area contributed by atoms with Crippen molar-refractivity contribution in [2.24, 2.45) is 45.2 Å². The second kappa shape index (κ2) is 16.2. The summed E-state index contributed by atoms with van der Waals surface area (Å²) < 4.78 is 11.7. The molecule has 1 aromatic rings. The molecule has 2 saturated heterocycles. The summed E-state index contributed by atoms with van der Waals surface area (Å²) in [5.41, 5.74) is 5.10. The Labute approximate surface area is 298 Å². The number of aliphatic hydroxyl groups is 1. The number of esters is 1. The van der Waals surface area contributed by atoms with E-state index in [0.29, 0.717) is 48.6 Å². The summed E-state index contributed by atoms with van der Waals surface area (Å²) in [5, 5.41) is 16.7. The normalized spacial score (nSPS) is 35.0. The molecule has 0 radical (unpaired) electrons. The summed E-state index contributed by atoms with van der Waals surface area (Å²) in [7, 11) is 0. The fraction of sp³-hybridized carbons (Fsp3) is 0.667. The number of Topliss-reactive ketones (excluding diaryl/α,β-unsaturated/α-hetero) is 1. The first kappa shape index (κ1) is 39.5. The van der Waals surface area contributed by atoms with Crippen LogP contribution in [0.2, 0.25) is 0 Å². The van der Waals surface area contributed by atoms with Crippen LogP contribution in [0.4, 0.5) is 5.82 Å². The number of amides is 1. The summed E-state index contributed by atoms with van der Waals surface area (Å²) in [6.07, 6.45) is 0.527. The smallest absolute Gasteiger partial charge is 0.316 e. The van der Waals surface area contributed by atoms with Crippen LogP contribution in [0, 0.1) is 46.8 Å². The number of halogens is 1. The molecule has 3 N–H and O–H groups in total. The van der Waals surface area contributed by atoms with Gasteiger partial charge in [0.25, 0.3) is 0 Å². The molecule has 12 heteroatoms. The number of nitrogens with two attached hydrogens (primary N) is 1. The van der Waals surface area contributed by atoms with Gasteiger partial charge in [-0.2, -0.15) is 0 Å². The number of aliphatic imine (C=N–C) groups is 1. The Morgan fingerprint density at radius 2 is 1.90 bits per heavy atom. The minimum absolute atomic E-state index is 0.0118. The average Bonchev–Trinajstić information content (AvgIpc) is 3.03. The van der Waals surface area contributed by atoms with Crippen LogP contribution in [0.5, 0.6) is 0 Å². The van der Waals surface area contributed by atoms with Gasteiger partial charge in [0.1, 0.15) is 38.5 Å². The number of rotatable bonds is 3. The van der Waals surface area contributed by atoms with E-state index in [0.717, 1.165) is 0 Å². The maximum absolute atomic E-state index is 13.9. The van der Waals surface area contributed by atoms with Crippen molar-refractivity contribution in [1.82, 2.24) is 4.98 Å². The number of alkyl halides is 1. The summed E-state index contributed by atoms with van der Waals surface area (Å²) in [6, 6.07) is 5.20. The van der Waals surface area contributed by atoms with Gasteiger partial charge in [-0.3, -0.25) is 14.4 Å². The number of nitrogens with zero attached hydrogens (tertiary/aromatic N) is 3. The van der Waals surface area contributed by atoms with Crippen molar-refractivity contribution in [3.63, 3.8) is 0 Å². The zero-order chi connectivity index (χ0) is 36.0. The third kappa shape index (κ3) is 9.01. The Bertz CT molecular complexity index is 1480. The van der Waals surface area contributed by atoms with Gasteiger partial charge in [-0.1, -0.05) is 58.7 Å². The number of pyridine rings is 1. The number of aromatic nitrogens is 1. The summed E-state index contributed by atoms with van der Waals surface area (Å²) in [5.74, 6) is 1.99. The van der Waals surface area contributed by atoms with Crippen LogP contribution in [0.1, 0.15) is 93.7 Å². The number of hydrogen-bond donors (Lipinski definition) is 2. The highest BCUT2D eigenvalue weighted by Gasteiger charge is 2.54. The topological polar surface area (TPSA) is 163 Å². The highest BCUT2D eigenvalue weighted by Crippen LogP contribution is 2.51. The lowest BCUT2D eigenvalue weighted by molar-refractivity contribution is -0.179. The van der Waals surface area contributed by atoms with Gasteiger partial charge < -0.3 is 25.2 Å². The predicted molar refractivity (Wildman–Crippen MR) is 193 cm³/mol. The molecule has 2 aliphatic heterocycles. The second-order valence-electron chi connectivity index (χ2n) is 13.9. The number of nitrogen functional groups attached to an aromatic ring is 1. The van der Waals surface area contributed by atoms with Gasteiger partial charge in [0.2, 0.25) is 5.91 Å². The van der Waals surface area contributed by atoms with Crippen LogP contribution in [-0.2, 0) is 28.7 Å². The van der Waals surface area contributed by atoms with Crippen molar-refractivity contribution in [3.05, 3.63) is 23.9 Å². The Morgan fingerprint density at radius 1 is 1.21 bits per heavy atom. The van der Waals surface area contributed by atoms with Gasteiger partial charge >= 0.3 is 5.97 Å². The SMILES string of the molecule is CC[C@H]1OC(=O)[C@H](C)C(=O)[C@H](C)C(C)(C)[C@@]2(I)C[C@@H](C)C(=NC(C)=O)[C@H](C)[C@@H](CC/C(=N\OCC#Cc3cccc(N)n3)CO2)[C@]1(C)O. The molecule has 0 aliphatic carbocycles. The quantitative estimate of drug-likeness (QED) is 0.0763. The first-order chi connectivity index (χ1) is 22.4. The van der Waals surface area contributed by atoms with E-state index in [-0.39, 0.29) is 30.8 Å². The third-order valence-electron chi connectivity index (χ3n) is 10.2. The maximum Gasteiger partial charge on any atom is 0.316 e. The van der Waals surface area contributed by atoms with Crippen LogP contribution >= 0.6 is 22.6 Å². The van der Waals surface area contributed by atoms with Crippen molar-refractivity contribution in [2.45, 2.75) is 103 Å². The third-order valence-corrected chi connectivity index (χ3v) is 12.4. The van der Waals surface area contributed by atoms with Gasteiger partial charge in [-0.25, -0.2) is 9.98 Å². The Morgan fingerprint density at radius 3 is 2.52 bits per heavy atom. The van der Waals surface area contributed by atoms with Crippen molar-refractivity contribution in [1.29, 1.82) is 0 Å². The molecule has 0 unspecified atom stereocenters. The molecule has 264 valence electrons. The van der Waals surface area contributed by atoms with Gasteiger partial charge in [-0.15, -0.1) is 0 Å². The van der Waals surface area contributed by atoms with E-state index in [9.17, 15) is 19.5 Å². The van der Waals surface area contributed by atoms with Crippen LogP contribution in [0.15, 0.2) is 28.3 Å². The van der Waals surface area contributed by atoms with Gasteiger partial charge in [0, 0.05) is 29.9 Å². The monoisotopic (exact) mass is 778 g/mol. The Kier molecular flexibility index (Phi) is 13.4. The Balaban J connectivity index is 2.19. The van der Waals surface area contributed by atoms with Crippen molar-refractivity contribution in [2.75, 3.05) is 18.9 Å². The van der Waals surface area contributed by atoms with E-state index >= 15 is 0 Å². The summed E-state index contributed by atoms with van der Waals surface area (Å²) in [4.78, 5) is 54.3. The van der Waals surface area contributed by atoms with E-state index in [1.165, 1.54) is 6.92 Å². The summed E-state index contributed by atoms with van der Waals surface area (Å²) >= 11 is 2.27. The summed E-state index contributed by atoms with van der Waals surface area (Å²) in [6.45, 7) is 16.2. The fourth-order valence-corrected chi connectivity index (χ4v) is 8.12. The fourth-order valence-electron chi connectivity index (χ4n) is 6.84. The number of fused-ring (bicyclic) bond motifs is 5. The number of carbonyl (C=O) groups is 3. The molecule has 0 aromatic carbocycles. The number of hydrogen-bond acceptors (Lipinski definition) is 10. The average molecular weight is 779 g/mol. The van der Waals surface area contributed by atoms with E-state index in [2.05, 4.69) is 49.6 Å². The predicted octanol–water partition coefficient (Wildman–Crippen LogP) is 5.55. The van der Waals surface area contributed by atoms with E-state index in [1.54, 1.807) is 39.0 Å². The maximum atomic E-state index is 13.9. The molecule has 0 saturated carbocycles. The molecule has 1 amide bonds. The lowest BCUT2D eigenvalue weighted by atomic mass is 9.66. The molecular weight excluding hydrogens is 727 g/mol. The molecule has 2 aliphatic rings. The standard InChI is InChI=1S/C36H51IN4O7/c1-10-29-35(9,45)28-17-16-27(41-47-18-12-14-26-13-11-15-30(38)40-26)20-46-36(37,19-21(2)31(22(28)3)39-25(6)42)34(7,8)24(5)32(43)23(4)33(44)48-29/h11,13,15,21-24,28-29,45H,10,16-20H2,1-9H3,(H2,38,40)/b39-31?,41-27+/t21-,22-,23-,24+,28-,29-,35+,36-/m1/s1. The highest BCUT2D eigenvalue weighted by molar-refractivity contribution is 14.1. The van der Waals surface area contributed by atoms with E-state index in [4.69, 9.17) is 20.0 Å². The molecule has 2 fully saturated rings. The van der Waals surface area contributed by atoms with Crippen LogP contribution < -0.4 is 5.73 Å². The molecule has 1 aromatic heterocycles. The van der Waals surface area contributed by atoms with E-state index < -0.39 is 50.4 Å². The molecule has 48 heavy (non-hydrogen) atoms. The highest BCUT2D eigenvalue weighted by atomic mass is 127. The van der Waals surface area contributed by atoms with Gasteiger partial charge in [-0.05, 0) is 92.0 Å². The number of anilines is 1. The molecule has 3 heterocycles. The molecule has 2 bridgehead atoms. The molecule has 0 spiro atoms. The van der Waals surface area contributed by atoms with Crippen LogP contribution in [-0.4, -0.2) is 67.7 Å². The zero-order valence-corrected chi connectivity index (χ0v) is 31.8. The van der Waals surface area contributed by atoms with Crippen molar-refractivity contribution < 1.29 is 33.8 Å². The molecule has 11 nitrogen and oxygen atoms in total. The van der Waals surface area contributed by atoms with Crippen LogP contribution in [0.3, 0.4) is 0 Å². The second-order valence-corrected chi connectivity index (χ2v) is 15.7. The van der Waals surface area contributed by atoms with E-state index in [1.807, 2.05) is 34.6 Å². The molecular formula is C36H51IN4O7. The number of ketones is 1. The minimum Gasteiger partial charge on any atom is -0.459 e. The van der Waals surface area contributed by atoms with Crippen molar-refractivity contribution >= 4 is 57.5 Å². The number of cyclic esters (lactones) is 1. The minimum atomic E-state index is -1.56. The number of carbonyl (C=O) groups excluding carboxylic acids is 3. The Hall–Kier alpha value is -2.89. The van der Waals surface area contributed by atoms with Crippen LogP contribution in [0.25, 0.3) is 0 Å².